The van der Waals surface area contributed by atoms with Gasteiger partial charge in [-0.2, -0.15) is 0 Å². The monoisotopic (exact) mass is 251 g/mol. The van der Waals surface area contributed by atoms with Crippen LogP contribution in [0.25, 0.3) is 0 Å². The molecule has 2 atom stereocenters. The molecule has 2 unspecified atom stereocenters. The molecule has 0 radical (unpaired) electrons. The number of hydrogen-bond acceptors (Lipinski definition) is 5. The molecular formula is C12H17N3O3. The van der Waals surface area contributed by atoms with Gasteiger partial charge < -0.3 is 16.2 Å². The number of anilines is 2. The summed E-state index contributed by atoms with van der Waals surface area (Å²) in [5.41, 5.74) is 6.77. The largest absolute Gasteiger partial charge is 0.397 e. The summed E-state index contributed by atoms with van der Waals surface area (Å²) >= 11 is 0. The minimum atomic E-state index is -0.471. The van der Waals surface area contributed by atoms with E-state index in [0.29, 0.717) is 17.9 Å². The lowest BCUT2D eigenvalue weighted by atomic mass is 10.1. The Morgan fingerprint density at radius 1 is 1.50 bits per heavy atom. The molecule has 1 aromatic rings. The second kappa shape index (κ2) is 5.22. The molecule has 1 saturated carbocycles. The van der Waals surface area contributed by atoms with Crippen LogP contribution in [-0.4, -0.2) is 22.7 Å². The van der Waals surface area contributed by atoms with Crippen molar-refractivity contribution in [3.8, 4) is 0 Å². The Morgan fingerprint density at radius 2 is 2.28 bits per heavy atom. The molecule has 0 bridgehead atoms. The molecule has 1 aliphatic rings. The van der Waals surface area contributed by atoms with Gasteiger partial charge in [-0.25, -0.2) is 0 Å². The van der Waals surface area contributed by atoms with E-state index in [-0.39, 0.29) is 17.7 Å². The predicted molar refractivity (Wildman–Crippen MR) is 69.3 cm³/mol. The van der Waals surface area contributed by atoms with Gasteiger partial charge in [-0.05, 0) is 18.9 Å². The number of nitrogens with two attached hydrogens (primary N) is 1. The van der Waals surface area contributed by atoms with E-state index in [9.17, 15) is 15.2 Å². The highest BCUT2D eigenvalue weighted by molar-refractivity contribution is 5.69. The number of nitrogen functional groups attached to an aromatic ring is 1. The third-order valence-electron chi connectivity index (χ3n) is 3.42. The summed E-state index contributed by atoms with van der Waals surface area (Å²) < 4.78 is 0. The van der Waals surface area contributed by atoms with Gasteiger partial charge >= 0.3 is 0 Å². The molecule has 98 valence electrons. The van der Waals surface area contributed by atoms with E-state index < -0.39 is 4.92 Å². The summed E-state index contributed by atoms with van der Waals surface area (Å²) in [4.78, 5) is 10.1. The van der Waals surface area contributed by atoms with E-state index in [0.717, 1.165) is 19.3 Å². The molecular weight excluding hydrogens is 234 g/mol. The number of aliphatic hydroxyl groups excluding tert-OH is 1. The van der Waals surface area contributed by atoms with Gasteiger partial charge in [0.15, 0.2) is 0 Å². The number of non-ortho nitro benzene ring substituents is 1. The molecule has 0 saturated heterocycles. The van der Waals surface area contributed by atoms with Crippen LogP contribution in [0.15, 0.2) is 18.2 Å². The number of nitro groups is 1. The molecule has 0 aromatic heterocycles. The first-order valence-electron chi connectivity index (χ1n) is 6.04. The van der Waals surface area contributed by atoms with E-state index in [1.165, 1.54) is 12.1 Å². The lowest BCUT2D eigenvalue weighted by Gasteiger charge is -2.16. The van der Waals surface area contributed by atoms with Gasteiger partial charge in [0.25, 0.3) is 5.69 Å². The SMILES string of the molecule is Nc1cc([N+](=O)[O-])ccc1NCC1CCCC1O. The van der Waals surface area contributed by atoms with Crippen LogP contribution in [0.5, 0.6) is 0 Å². The zero-order valence-electron chi connectivity index (χ0n) is 10.0. The van der Waals surface area contributed by atoms with Crippen LogP contribution in [0.1, 0.15) is 19.3 Å². The van der Waals surface area contributed by atoms with Crippen LogP contribution in [0.3, 0.4) is 0 Å². The fourth-order valence-corrected chi connectivity index (χ4v) is 2.32. The zero-order chi connectivity index (χ0) is 13.1. The van der Waals surface area contributed by atoms with Gasteiger partial charge in [-0.1, -0.05) is 6.42 Å². The summed E-state index contributed by atoms with van der Waals surface area (Å²) in [5.74, 6) is 0.236. The van der Waals surface area contributed by atoms with Crippen molar-refractivity contribution in [2.24, 2.45) is 5.92 Å². The highest BCUT2D eigenvalue weighted by Crippen LogP contribution is 2.28. The number of rotatable bonds is 4. The number of nitrogens with zero attached hydrogens (tertiary/aromatic N) is 1. The molecule has 6 nitrogen and oxygen atoms in total. The zero-order valence-corrected chi connectivity index (χ0v) is 10.0. The van der Waals surface area contributed by atoms with Crippen LogP contribution < -0.4 is 11.1 Å². The molecule has 0 amide bonds. The number of hydrogen-bond donors (Lipinski definition) is 3. The summed E-state index contributed by atoms with van der Waals surface area (Å²) in [7, 11) is 0. The highest BCUT2D eigenvalue weighted by Gasteiger charge is 2.24. The van der Waals surface area contributed by atoms with Crippen LogP contribution in [0.2, 0.25) is 0 Å². The number of benzene rings is 1. The lowest BCUT2D eigenvalue weighted by molar-refractivity contribution is -0.384. The molecule has 1 aromatic carbocycles. The second-order valence-electron chi connectivity index (χ2n) is 4.67. The van der Waals surface area contributed by atoms with Crippen molar-refractivity contribution in [1.82, 2.24) is 0 Å². The maximum Gasteiger partial charge on any atom is 0.271 e. The first-order chi connectivity index (χ1) is 8.58. The minimum Gasteiger partial charge on any atom is -0.397 e. The molecule has 1 aliphatic carbocycles. The standard InChI is InChI=1S/C12H17N3O3/c13-10-6-9(15(17)18)4-5-11(10)14-7-8-2-1-3-12(8)16/h4-6,8,12,14,16H,1-3,7,13H2. The summed E-state index contributed by atoms with van der Waals surface area (Å²) in [6, 6.07) is 4.37. The average molecular weight is 251 g/mol. The maximum absolute atomic E-state index is 10.6. The molecule has 0 aliphatic heterocycles. The molecule has 4 N–H and O–H groups in total. The molecule has 18 heavy (non-hydrogen) atoms. The van der Waals surface area contributed by atoms with Crippen LogP contribution in [0.4, 0.5) is 17.1 Å². The Kier molecular flexibility index (Phi) is 3.66. The quantitative estimate of drug-likeness (QED) is 0.430. The van der Waals surface area contributed by atoms with Gasteiger partial charge in [0.1, 0.15) is 0 Å². The number of nitro benzene ring substituents is 1. The Balaban J connectivity index is 1.99. The normalized spacial score (nSPS) is 22.9. The van der Waals surface area contributed by atoms with E-state index in [2.05, 4.69) is 5.32 Å². The summed E-state index contributed by atoms with van der Waals surface area (Å²) in [6.07, 6.45) is 2.64. The topological polar surface area (TPSA) is 101 Å². The van der Waals surface area contributed by atoms with Crippen molar-refractivity contribution in [3.05, 3.63) is 28.3 Å². The van der Waals surface area contributed by atoms with Gasteiger partial charge in [-0.15, -0.1) is 0 Å². The Morgan fingerprint density at radius 3 is 2.83 bits per heavy atom. The van der Waals surface area contributed by atoms with Crippen molar-refractivity contribution in [2.75, 3.05) is 17.6 Å². The Labute approximate surface area is 105 Å². The number of nitrogens with one attached hydrogen (secondary N) is 1. The first kappa shape index (κ1) is 12.6. The molecule has 2 rings (SSSR count). The molecule has 6 heteroatoms. The van der Waals surface area contributed by atoms with Crippen molar-refractivity contribution in [1.29, 1.82) is 0 Å². The van der Waals surface area contributed by atoms with Gasteiger partial charge in [0.05, 0.1) is 22.4 Å². The highest BCUT2D eigenvalue weighted by atomic mass is 16.6. The molecule has 0 heterocycles. The van der Waals surface area contributed by atoms with Crippen molar-refractivity contribution in [2.45, 2.75) is 25.4 Å². The Hall–Kier alpha value is -1.82. The predicted octanol–water partition coefficient (Wildman–Crippen LogP) is 1.75. The smallest absolute Gasteiger partial charge is 0.271 e. The first-order valence-corrected chi connectivity index (χ1v) is 6.04. The van der Waals surface area contributed by atoms with E-state index >= 15 is 0 Å². The average Bonchev–Trinajstić information content (AvgIpc) is 2.73. The third kappa shape index (κ3) is 2.70. The van der Waals surface area contributed by atoms with Gasteiger partial charge in [0.2, 0.25) is 0 Å². The number of aliphatic hydroxyl groups is 1. The fraction of sp³-hybridized carbons (Fsp3) is 0.500. The van der Waals surface area contributed by atoms with Crippen LogP contribution in [-0.2, 0) is 0 Å². The van der Waals surface area contributed by atoms with E-state index in [1.807, 2.05) is 0 Å². The second-order valence-corrected chi connectivity index (χ2v) is 4.67. The molecule has 1 fully saturated rings. The summed E-state index contributed by atoms with van der Waals surface area (Å²) in [5, 5.41) is 23.4. The minimum absolute atomic E-state index is 0.0149. The Bertz CT molecular complexity index is 450. The van der Waals surface area contributed by atoms with Crippen LogP contribution >= 0.6 is 0 Å². The van der Waals surface area contributed by atoms with E-state index in [1.54, 1.807) is 6.07 Å². The van der Waals surface area contributed by atoms with E-state index in [4.69, 9.17) is 5.73 Å². The fourth-order valence-electron chi connectivity index (χ4n) is 2.32. The maximum atomic E-state index is 10.6. The van der Waals surface area contributed by atoms with Gasteiger partial charge in [-0.3, -0.25) is 10.1 Å². The lowest BCUT2D eigenvalue weighted by Crippen LogP contribution is -2.22. The summed E-state index contributed by atoms with van der Waals surface area (Å²) in [6.45, 7) is 0.642. The van der Waals surface area contributed by atoms with Crippen molar-refractivity contribution >= 4 is 17.1 Å². The van der Waals surface area contributed by atoms with Crippen LogP contribution in [0, 0.1) is 16.0 Å². The third-order valence-corrected chi connectivity index (χ3v) is 3.42. The van der Waals surface area contributed by atoms with Gasteiger partial charge in [0, 0.05) is 24.6 Å². The van der Waals surface area contributed by atoms with Crippen molar-refractivity contribution in [3.63, 3.8) is 0 Å². The van der Waals surface area contributed by atoms with Crippen molar-refractivity contribution < 1.29 is 10.0 Å². The molecule has 0 spiro atoms.